The molecule has 278 valence electrons. The molecule has 2 aromatic heterocycles. The second-order valence-electron chi connectivity index (χ2n) is 15.6. The van der Waals surface area contributed by atoms with Gasteiger partial charge < -0.3 is 9.80 Å². The van der Waals surface area contributed by atoms with E-state index in [4.69, 9.17) is 0 Å². The maximum Gasteiger partial charge on any atom is 0.0490 e. The van der Waals surface area contributed by atoms with Gasteiger partial charge in [-0.25, -0.2) is 0 Å². The summed E-state index contributed by atoms with van der Waals surface area (Å²) in [5.41, 5.74) is 12.1. The Kier molecular flexibility index (Phi) is 8.14. The van der Waals surface area contributed by atoms with E-state index in [2.05, 4.69) is 207 Å². The number of nitrogens with zero attached hydrogens (tertiary/aromatic N) is 2. The Balaban J connectivity index is 1.02. The van der Waals surface area contributed by atoms with Crippen LogP contribution in [0.15, 0.2) is 170 Å². The zero-order valence-corrected chi connectivity index (χ0v) is 34.5. The second-order valence-corrected chi connectivity index (χ2v) is 17.7. The van der Waals surface area contributed by atoms with E-state index in [9.17, 15) is 0 Å². The highest BCUT2D eigenvalue weighted by Crippen LogP contribution is 2.47. The highest BCUT2D eigenvalue weighted by Gasteiger charge is 2.20. The second kappa shape index (κ2) is 13.6. The van der Waals surface area contributed by atoms with Gasteiger partial charge in [0.15, 0.2) is 0 Å². The van der Waals surface area contributed by atoms with Crippen LogP contribution in [0.2, 0.25) is 0 Å². The summed E-state index contributed by atoms with van der Waals surface area (Å²) in [7, 11) is 0. The molecular formula is C54H40N2S2. The number of thiophene rings is 2. The molecule has 0 amide bonds. The van der Waals surface area contributed by atoms with Gasteiger partial charge in [0.1, 0.15) is 0 Å². The predicted octanol–water partition coefficient (Wildman–Crippen LogP) is 16.9. The smallest absolute Gasteiger partial charge is 0.0490 e. The topological polar surface area (TPSA) is 6.48 Å². The maximum atomic E-state index is 2.45. The average Bonchev–Trinajstić information content (AvgIpc) is 3.80. The predicted molar refractivity (Wildman–Crippen MR) is 256 cm³/mol. The minimum atomic E-state index is 1.17. The first-order chi connectivity index (χ1) is 28.4. The fourth-order valence-electron chi connectivity index (χ4n) is 8.94. The molecule has 0 saturated heterocycles. The van der Waals surface area contributed by atoms with Crippen molar-refractivity contribution in [2.45, 2.75) is 27.7 Å². The van der Waals surface area contributed by atoms with E-state index in [-0.39, 0.29) is 0 Å². The summed E-state index contributed by atoms with van der Waals surface area (Å²) in [6, 6.07) is 62.9. The molecule has 2 nitrogen and oxygen atoms in total. The summed E-state index contributed by atoms with van der Waals surface area (Å²) in [6.07, 6.45) is 0. The van der Waals surface area contributed by atoms with Gasteiger partial charge in [-0.2, -0.15) is 0 Å². The van der Waals surface area contributed by atoms with Gasteiger partial charge in [0.25, 0.3) is 0 Å². The van der Waals surface area contributed by atoms with Gasteiger partial charge in [-0.3, -0.25) is 0 Å². The lowest BCUT2D eigenvalue weighted by atomic mass is 10.0. The van der Waals surface area contributed by atoms with Crippen molar-refractivity contribution in [3.05, 3.63) is 192 Å². The number of anilines is 6. The molecule has 0 radical (unpaired) electrons. The van der Waals surface area contributed by atoms with Crippen LogP contribution in [0, 0.1) is 27.7 Å². The third kappa shape index (κ3) is 5.51. The monoisotopic (exact) mass is 780 g/mol. The largest absolute Gasteiger partial charge is 0.310 e. The summed E-state index contributed by atoms with van der Waals surface area (Å²) in [4.78, 5) is 4.82. The standard InChI is InChI=1S/C54H40N2S2/c1-33-13-5-9-17-47(33)55(48-18-10-6-14-34(48)2)39-23-27-41-37(29-39)21-25-43-45-31-52-46(32-51(45)57-53(41)43)44-26-22-38-30-40(24-28-42(38)54(44)58-52)56(49-19-11-7-15-35(49)3)50-20-12-8-16-36(50)4/h5-32H,1-4H3. The quantitative estimate of drug-likeness (QED) is 0.166. The zero-order chi connectivity index (χ0) is 39.1. The van der Waals surface area contributed by atoms with Gasteiger partial charge >= 0.3 is 0 Å². The SMILES string of the molecule is Cc1ccccc1N(c1ccc2c(ccc3c4cc5sc6c7ccc(N(c8ccccc8C)c8ccccc8C)cc7ccc6c5cc4sc23)c1)c1ccccc1C. The third-order valence-corrected chi connectivity index (χ3v) is 14.3. The van der Waals surface area contributed by atoms with Crippen molar-refractivity contribution >= 4 is 119 Å². The van der Waals surface area contributed by atoms with Crippen LogP contribution < -0.4 is 9.80 Å². The van der Waals surface area contributed by atoms with E-state index in [1.807, 2.05) is 22.7 Å². The summed E-state index contributed by atoms with van der Waals surface area (Å²) < 4.78 is 5.37. The van der Waals surface area contributed by atoms with Crippen molar-refractivity contribution in [1.29, 1.82) is 0 Å². The van der Waals surface area contributed by atoms with E-state index < -0.39 is 0 Å². The molecule has 11 rings (SSSR count). The van der Waals surface area contributed by atoms with E-state index in [1.54, 1.807) is 0 Å². The van der Waals surface area contributed by atoms with Crippen LogP contribution in [-0.2, 0) is 0 Å². The van der Waals surface area contributed by atoms with Gasteiger partial charge in [0.05, 0.1) is 0 Å². The van der Waals surface area contributed by atoms with E-state index >= 15 is 0 Å². The number of hydrogen-bond donors (Lipinski definition) is 0. The molecule has 58 heavy (non-hydrogen) atoms. The Hall–Kier alpha value is -6.46. The van der Waals surface area contributed by atoms with Crippen LogP contribution in [0.3, 0.4) is 0 Å². The molecule has 0 unspecified atom stereocenters. The molecule has 0 spiro atoms. The normalized spacial score (nSPS) is 11.8. The molecule has 0 aliphatic carbocycles. The molecule has 0 N–H and O–H groups in total. The molecule has 0 saturated carbocycles. The van der Waals surface area contributed by atoms with Gasteiger partial charge in [-0.1, -0.05) is 109 Å². The Bertz CT molecular complexity index is 3100. The van der Waals surface area contributed by atoms with Gasteiger partial charge in [0, 0.05) is 74.5 Å². The van der Waals surface area contributed by atoms with Gasteiger partial charge in [-0.05, 0) is 132 Å². The van der Waals surface area contributed by atoms with E-state index in [0.717, 1.165) is 0 Å². The number of benzene rings is 9. The van der Waals surface area contributed by atoms with Crippen LogP contribution in [0.5, 0.6) is 0 Å². The first-order valence-corrected chi connectivity index (χ1v) is 21.6. The summed E-state index contributed by atoms with van der Waals surface area (Å²) in [5.74, 6) is 0. The minimum Gasteiger partial charge on any atom is -0.310 e. The highest BCUT2D eigenvalue weighted by atomic mass is 32.1. The lowest BCUT2D eigenvalue weighted by Crippen LogP contribution is -2.12. The molecule has 0 aliphatic rings. The molecule has 9 aromatic carbocycles. The molecule has 4 heteroatoms. The lowest BCUT2D eigenvalue weighted by molar-refractivity contribution is 1.23. The van der Waals surface area contributed by atoms with Crippen LogP contribution in [0.4, 0.5) is 34.1 Å². The van der Waals surface area contributed by atoms with Crippen molar-refractivity contribution in [2.75, 3.05) is 9.80 Å². The average molecular weight is 781 g/mol. The number of rotatable bonds is 6. The maximum absolute atomic E-state index is 2.45. The van der Waals surface area contributed by atoms with Gasteiger partial charge in [-0.15, -0.1) is 22.7 Å². The number of fused-ring (bicyclic) bond motifs is 10. The molecule has 2 heterocycles. The summed E-state index contributed by atoms with van der Waals surface area (Å²) in [6.45, 7) is 8.79. The number of hydrogen-bond acceptors (Lipinski definition) is 4. The fraction of sp³-hybridized carbons (Fsp3) is 0.0741. The van der Waals surface area contributed by atoms with Gasteiger partial charge in [0.2, 0.25) is 0 Å². The van der Waals surface area contributed by atoms with Crippen molar-refractivity contribution in [3.8, 4) is 0 Å². The molecule has 0 aliphatic heterocycles. The van der Waals surface area contributed by atoms with Crippen molar-refractivity contribution in [2.24, 2.45) is 0 Å². The van der Waals surface area contributed by atoms with E-state index in [1.165, 1.54) is 118 Å². The molecule has 0 atom stereocenters. The summed E-state index contributed by atoms with van der Waals surface area (Å²) >= 11 is 3.84. The van der Waals surface area contributed by atoms with Crippen molar-refractivity contribution in [1.82, 2.24) is 0 Å². The van der Waals surface area contributed by atoms with E-state index in [0.29, 0.717) is 0 Å². The first kappa shape index (κ1) is 34.8. The number of para-hydroxylation sites is 4. The third-order valence-electron chi connectivity index (χ3n) is 11.9. The van der Waals surface area contributed by atoms with Crippen LogP contribution in [0.1, 0.15) is 22.3 Å². The Labute approximate surface area is 346 Å². The van der Waals surface area contributed by atoms with Crippen LogP contribution in [-0.4, -0.2) is 0 Å². The van der Waals surface area contributed by atoms with Crippen molar-refractivity contribution < 1.29 is 0 Å². The minimum absolute atomic E-state index is 1.17. The Morgan fingerprint density at radius 3 is 0.983 bits per heavy atom. The Morgan fingerprint density at radius 2 is 0.638 bits per heavy atom. The number of aryl methyl sites for hydroxylation is 4. The fourth-order valence-corrected chi connectivity index (χ4v) is 11.5. The summed E-state index contributed by atoms with van der Waals surface area (Å²) in [5, 5.41) is 10.5. The van der Waals surface area contributed by atoms with Crippen LogP contribution >= 0.6 is 22.7 Å². The van der Waals surface area contributed by atoms with Crippen molar-refractivity contribution in [3.63, 3.8) is 0 Å². The zero-order valence-electron chi connectivity index (χ0n) is 32.9. The lowest BCUT2D eigenvalue weighted by Gasteiger charge is -2.28. The molecule has 0 bridgehead atoms. The molecule has 0 fully saturated rings. The molecule has 11 aromatic rings. The van der Waals surface area contributed by atoms with Crippen LogP contribution in [0.25, 0.3) is 61.9 Å². The Morgan fingerprint density at radius 1 is 0.310 bits per heavy atom. The first-order valence-electron chi connectivity index (χ1n) is 19.9. The highest BCUT2D eigenvalue weighted by molar-refractivity contribution is 7.28. The molecular weight excluding hydrogens is 741 g/mol.